The average molecular weight is 343 g/mol. The number of oxazole rings is 1. The highest BCUT2D eigenvalue weighted by Gasteiger charge is 2.34. The molecule has 0 radical (unpaired) electrons. The summed E-state index contributed by atoms with van der Waals surface area (Å²) in [5.74, 6) is -0.0786. The molecule has 132 valence electrons. The average Bonchev–Trinajstić information content (AvgIpc) is 3.43. The normalized spacial score (nSPS) is 18.4. The molecule has 1 aromatic carbocycles. The zero-order chi connectivity index (χ0) is 17.6. The lowest BCUT2D eigenvalue weighted by Crippen LogP contribution is -2.37. The van der Waals surface area contributed by atoms with Gasteiger partial charge in [0.05, 0.1) is 5.52 Å². The van der Waals surface area contributed by atoms with E-state index >= 15 is 0 Å². The number of fused-ring (bicyclic) bond motifs is 1. The van der Waals surface area contributed by atoms with Crippen LogP contribution in [0.1, 0.15) is 29.6 Å². The first kappa shape index (κ1) is 15.9. The van der Waals surface area contributed by atoms with Crippen molar-refractivity contribution in [3.63, 3.8) is 0 Å². The van der Waals surface area contributed by atoms with Crippen LogP contribution in [0.3, 0.4) is 0 Å². The number of benzene rings is 1. The van der Waals surface area contributed by atoms with E-state index in [1.165, 1.54) is 4.57 Å². The van der Waals surface area contributed by atoms with E-state index in [0.717, 1.165) is 19.3 Å². The molecular weight excluding hydrogens is 322 g/mol. The summed E-state index contributed by atoms with van der Waals surface area (Å²) in [5, 5.41) is 0. The van der Waals surface area contributed by atoms with E-state index in [4.69, 9.17) is 4.42 Å². The van der Waals surface area contributed by atoms with Crippen molar-refractivity contribution in [2.24, 2.45) is 13.0 Å². The van der Waals surface area contributed by atoms with E-state index in [9.17, 15) is 14.4 Å². The maximum Gasteiger partial charge on any atom is 0.419 e. The van der Waals surface area contributed by atoms with E-state index in [-0.39, 0.29) is 17.7 Å². The molecule has 2 heterocycles. The van der Waals surface area contributed by atoms with Crippen molar-refractivity contribution >= 4 is 22.9 Å². The van der Waals surface area contributed by atoms with Crippen LogP contribution in [0.15, 0.2) is 27.4 Å². The molecule has 0 unspecified atom stereocenters. The first-order chi connectivity index (χ1) is 12.0. The van der Waals surface area contributed by atoms with Crippen molar-refractivity contribution in [1.82, 2.24) is 14.4 Å². The minimum Gasteiger partial charge on any atom is -0.408 e. The van der Waals surface area contributed by atoms with Gasteiger partial charge in [-0.3, -0.25) is 14.2 Å². The minimum atomic E-state index is -0.441. The number of aryl methyl sites for hydroxylation is 1. The highest BCUT2D eigenvalue weighted by molar-refractivity contribution is 5.97. The topological polar surface area (TPSA) is 75.8 Å². The Morgan fingerprint density at radius 2 is 1.80 bits per heavy atom. The Hall–Kier alpha value is -2.57. The second-order valence-corrected chi connectivity index (χ2v) is 6.85. The lowest BCUT2D eigenvalue weighted by Gasteiger charge is -2.22. The summed E-state index contributed by atoms with van der Waals surface area (Å²) < 4.78 is 6.58. The molecule has 0 spiro atoms. The molecule has 1 saturated heterocycles. The summed E-state index contributed by atoms with van der Waals surface area (Å²) in [7, 11) is 1.63. The highest BCUT2D eigenvalue weighted by Crippen LogP contribution is 2.31. The molecule has 1 aliphatic carbocycles. The number of carbonyl (C=O) groups excluding carboxylic acids is 2. The molecule has 2 aliphatic rings. The standard InChI is InChI=1S/C18H21N3O4/c1-19-14-6-5-13(11-15(14)25-18(19)24)17(23)21-8-2-7-20(9-10-21)16(22)12-3-4-12/h5-6,11-12H,2-4,7-10H2,1H3. The van der Waals surface area contributed by atoms with Gasteiger partial charge in [0.1, 0.15) is 0 Å². The summed E-state index contributed by atoms with van der Waals surface area (Å²) in [4.78, 5) is 40.3. The molecule has 0 atom stereocenters. The van der Waals surface area contributed by atoms with Crippen molar-refractivity contribution in [1.29, 1.82) is 0 Å². The summed E-state index contributed by atoms with van der Waals surface area (Å²) in [6.45, 7) is 2.47. The molecule has 7 nitrogen and oxygen atoms in total. The third-order valence-corrected chi connectivity index (χ3v) is 5.06. The van der Waals surface area contributed by atoms with Crippen LogP contribution >= 0.6 is 0 Å². The first-order valence-corrected chi connectivity index (χ1v) is 8.72. The Balaban J connectivity index is 1.50. The van der Waals surface area contributed by atoms with E-state index < -0.39 is 5.76 Å². The Morgan fingerprint density at radius 1 is 1.08 bits per heavy atom. The van der Waals surface area contributed by atoms with Crippen LogP contribution in [0.2, 0.25) is 0 Å². The Labute approximate surface area is 144 Å². The monoisotopic (exact) mass is 343 g/mol. The zero-order valence-corrected chi connectivity index (χ0v) is 14.2. The van der Waals surface area contributed by atoms with Gasteiger partial charge in [0.25, 0.3) is 5.91 Å². The number of amides is 2. The smallest absolute Gasteiger partial charge is 0.408 e. The predicted molar refractivity (Wildman–Crippen MR) is 91.3 cm³/mol. The Morgan fingerprint density at radius 3 is 2.56 bits per heavy atom. The SMILES string of the molecule is Cn1c(=O)oc2cc(C(=O)N3CCCN(C(=O)C4CC4)CC3)ccc21. The van der Waals surface area contributed by atoms with Gasteiger partial charge in [0.2, 0.25) is 5.91 Å². The fourth-order valence-electron chi connectivity index (χ4n) is 3.38. The third-order valence-electron chi connectivity index (χ3n) is 5.06. The summed E-state index contributed by atoms with van der Waals surface area (Å²) in [5.41, 5.74) is 1.58. The quantitative estimate of drug-likeness (QED) is 0.821. The first-order valence-electron chi connectivity index (χ1n) is 8.72. The number of hydrogen-bond acceptors (Lipinski definition) is 4. The van der Waals surface area contributed by atoms with Gasteiger partial charge >= 0.3 is 5.76 Å². The molecule has 2 fully saturated rings. The van der Waals surface area contributed by atoms with E-state index in [2.05, 4.69) is 0 Å². The van der Waals surface area contributed by atoms with Crippen molar-refractivity contribution in [2.45, 2.75) is 19.3 Å². The van der Waals surface area contributed by atoms with Gasteiger partial charge in [-0.1, -0.05) is 0 Å². The Kier molecular flexibility index (Phi) is 3.86. The zero-order valence-electron chi connectivity index (χ0n) is 14.2. The maximum absolute atomic E-state index is 12.8. The largest absolute Gasteiger partial charge is 0.419 e. The fraction of sp³-hybridized carbons (Fsp3) is 0.500. The van der Waals surface area contributed by atoms with Crippen molar-refractivity contribution < 1.29 is 14.0 Å². The van der Waals surface area contributed by atoms with Crippen molar-refractivity contribution in [3.05, 3.63) is 34.3 Å². The van der Waals surface area contributed by atoms with E-state index in [1.807, 2.05) is 4.90 Å². The number of rotatable bonds is 2. The van der Waals surface area contributed by atoms with Crippen LogP contribution < -0.4 is 5.76 Å². The van der Waals surface area contributed by atoms with Crippen LogP contribution in [-0.2, 0) is 11.8 Å². The van der Waals surface area contributed by atoms with Gasteiger partial charge in [-0.25, -0.2) is 4.79 Å². The second-order valence-electron chi connectivity index (χ2n) is 6.85. The lowest BCUT2D eigenvalue weighted by atomic mass is 10.1. The molecule has 1 aliphatic heterocycles. The summed E-state index contributed by atoms with van der Waals surface area (Å²) >= 11 is 0. The van der Waals surface area contributed by atoms with Crippen LogP contribution in [0.4, 0.5) is 0 Å². The van der Waals surface area contributed by atoms with Gasteiger partial charge in [0.15, 0.2) is 5.58 Å². The number of nitrogens with zero attached hydrogens (tertiary/aromatic N) is 3. The molecule has 0 N–H and O–H groups in total. The van der Waals surface area contributed by atoms with Crippen molar-refractivity contribution in [3.8, 4) is 0 Å². The lowest BCUT2D eigenvalue weighted by molar-refractivity contribution is -0.132. The molecule has 1 aromatic heterocycles. The molecule has 0 bridgehead atoms. The highest BCUT2D eigenvalue weighted by atomic mass is 16.4. The van der Waals surface area contributed by atoms with Gasteiger partial charge in [-0.2, -0.15) is 0 Å². The molecule has 2 aromatic rings. The fourth-order valence-corrected chi connectivity index (χ4v) is 3.38. The molecular formula is C18H21N3O4. The Bertz CT molecular complexity index is 893. The number of aromatic nitrogens is 1. The van der Waals surface area contributed by atoms with Crippen LogP contribution in [0.5, 0.6) is 0 Å². The molecule has 25 heavy (non-hydrogen) atoms. The van der Waals surface area contributed by atoms with Gasteiger partial charge in [0, 0.05) is 44.7 Å². The number of carbonyl (C=O) groups is 2. The van der Waals surface area contributed by atoms with Crippen molar-refractivity contribution in [2.75, 3.05) is 26.2 Å². The minimum absolute atomic E-state index is 0.0888. The second kappa shape index (κ2) is 6.06. The van der Waals surface area contributed by atoms with Crippen LogP contribution in [0.25, 0.3) is 11.1 Å². The predicted octanol–water partition coefficient (Wildman–Crippen LogP) is 1.22. The molecule has 7 heteroatoms. The van der Waals surface area contributed by atoms with E-state index in [1.54, 1.807) is 30.1 Å². The third kappa shape index (κ3) is 2.94. The van der Waals surface area contributed by atoms with Gasteiger partial charge in [-0.05, 0) is 37.5 Å². The van der Waals surface area contributed by atoms with Crippen LogP contribution in [0, 0.1) is 5.92 Å². The van der Waals surface area contributed by atoms with E-state index in [0.29, 0.717) is 42.8 Å². The summed E-state index contributed by atoms with van der Waals surface area (Å²) in [6.07, 6.45) is 2.79. The number of hydrogen-bond donors (Lipinski definition) is 0. The van der Waals surface area contributed by atoms with Crippen LogP contribution in [-0.4, -0.2) is 52.4 Å². The maximum atomic E-state index is 12.8. The molecule has 2 amide bonds. The summed E-state index contributed by atoms with van der Waals surface area (Å²) in [6, 6.07) is 5.07. The molecule has 4 rings (SSSR count). The molecule has 1 saturated carbocycles. The van der Waals surface area contributed by atoms with Gasteiger partial charge in [-0.15, -0.1) is 0 Å². The van der Waals surface area contributed by atoms with Gasteiger partial charge < -0.3 is 14.2 Å².